The smallest absolute Gasteiger partial charge is 0.268 e. The molecule has 0 aromatic carbocycles. The summed E-state index contributed by atoms with van der Waals surface area (Å²) in [5.41, 5.74) is 0.875. The van der Waals surface area contributed by atoms with Gasteiger partial charge >= 0.3 is 0 Å². The van der Waals surface area contributed by atoms with Crippen LogP contribution in [0.25, 0.3) is 0 Å². The van der Waals surface area contributed by atoms with Crippen molar-refractivity contribution in [2.75, 3.05) is 11.9 Å². The van der Waals surface area contributed by atoms with Gasteiger partial charge in [-0.25, -0.2) is 4.68 Å². The van der Waals surface area contributed by atoms with Gasteiger partial charge in [-0.2, -0.15) is 5.10 Å². The number of nitrogens with zero attached hydrogens (tertiary/aromatic N) is 2. The SMILES string of the molecule is CCCNc1cnn(CC2CC3CCC2C3)c(=O)c1. The topological polar surface area (TPSA) is 46.9 Å². The molecule has 2 aliphatic rings. The van der Waals surface area contributed by atoms with Crippen molar-refractivity contribution in [3.8, 4) is 0 Å². The zero-order valence-corrected chi connectivity index (χ0v) is 11.6. The lowest BCUT2D eigenvalue weighted by molar-refractivity contribution is 0.280. The van der Waals surface area contributed by atoms with E-state index in [1.165, 1.54) is 25.7 Å². The third-order valence-corrected chi connectivity index (χ3v) is 4.74. The van der Waals surface area contributed by atoms with Crippen molar-refractivity contribution in [2.24, 2.45) is 17.8 Å². The van der Waals surface area contributed by atoms with E-state index in [2.05, 4.69) is 17.3 Å². The molecule has 1 aromatic rings. The maximum atomic E-state index is 12.1. The van der Waals surface area contributed by atoms with E-state index in [0.29, 0.717) is 5.92 Å². The molecule has 1 aromatic heterocycles. The van der Waals surface area contributed by atoms with Gasteiger partial charge in [-0.1, -0.05) is 13.3 Å². The average Bonchev–Trinajstić information content (AvgIpc) is 3.01. The van der Waals surface area contributed by atoms with Gasteiger partial charge in [0.2, 0.25) is 0 Å². The first-order valence-electron chi connectivity index (χ1n) is 7.57. The Balaban J connectivity index is 1.66. The van der Waals surface area contributed by atoms with Crippen LogP contribution in [0, 0.1) is 17.8 Å². The van der Waals surface area contributed by atoms with Gasteiger partial charge in [-0.05, 0) is 43.4 Å². The van der Waals surface area contributed by atoms with E-state index in [1.54, 1.807) is 16.9 Å². The van der Waals surface area contributed by atoms with Gasteiger partial charge in [-0.15, -0.1) is 0 Å². The van der Waals surface area contributed by atoms with Crippen LogP contribution < -0.4 is 10.9 Å². The Hall–Kier alpha value is -1.32. The summed E-state index contributed by atoms with van der Waals surface area (Å²) in [4.78, 5) is 12.1. The molecule has 19 heavy (non-hydrogen) atoms. The molecule has 1 N–H and O–H groups in total. The predicted octanol–water partition coefficient (Wildman–Crippen LogP) is 2.50. The van der Waals surface area contributed by atoms with E-state index in [9.17, 15) is 4.79 Å². The molecule has 2 saturated carbocycles. The van der Waals surface area contributed by atoms with Crippen LogP contribution in [0.5, 0.6) is 0 Å². The zero-order chi connectivity index (χ0) is 13.2. The van der Waals surface area contributed by atoms with E-state index < -0.39 is 0 Å². The Bertz CT molecular complexity index is 496. The third-order valence-electron chi connectivity index (χ3n) is 4.74. The summed E-state index contributed by atoms with van der Waals surface area (Å²) < 4.78 is 1.66. The molecular formula is C15H23N3O. The molecule has 1 heterocycles. The molecule has 2 aliphatic carbocycles. The van der Waals surface area contributed by atoms with Gasteiger partial charge in [-0.3, -0.25) is 4.79 Å². The number of hydrogen-bond donors (Lipinski definition) is 1. The van der Waals surface area contributed by atoms with Gasteiger partial charge < -0.3 is 5.32 Å². The van der Waals surface area contributed by atoms with Crippen molar-refractivity contribution in [3.05, 3.63) is 22.6 Å². The molecule has 0 radical (unpaired) electrons. The highest BCUT2D eigenvalue weighted by molar-refractivity contribution is 5.38. The molecule has 3 rings (SSSR count). The van der Waals surface area contributed by atoms with Crippen LogP contribution in [-0.4, -0.2) is 16.3 Å². The first-order valence-corrected chi connectivity index (χ1v) is 7.57. The molecular weight excluding hydrogens is 238 g/mol. The second kappa shape index (κ2) is 5.35. The third kappa shape index (κ3) is 2.67. The van der Waals surface area contributed by atoms with Crippen LogP contribution in [0.2, 0.25) is 0 Å². The van der Waals surface area contributed by atoms with Crippen molar-refractivity contribution in [3.63, 3.8) is 0 Å². The maximum Gasteiger partial charge on any atom is 0.268 e. The molecule has 2 bridgehead atoms. The molecule has 0 saturated heterocycles. The monoisotopic (exact) mass is 261 g/mol. The van der Waals surface area contributed by atoms with Crippen molar-refractivity contribution in [2.45, 2.75) is 45.6 Å². The Labute approximate surface area is 114 Å². The van der Waals surface area contributed by atoms with Gasteiger partial charge in [0, 0.05) is 19.2 Å². The number of fused-ring (bicyclic) bond motifs is 2. The van der Waals surface area contributed by atoms with E-state index >= 15 is 0 Å². The first-order chi connectivity index (χ1) is 9.26. The van der Waals surface area contributed by atoms with Crippen molar-refractivity contribution >= 4 is 5.69 Å². The number of hydrogen-bond acceptors (Lipinski definition) is 3. The fourth-order valence-electron chi connectivity index (χ4n) is 3.76. The molecule has 4 heteroatoms. The second-order valence-electron chi connectivity index (χ2n) is 6.13. The summed E-state index contributed by atoms with van der Waals surface area (Å²) >= 11 is 0. The van der Waals surface area contributed by atoms with Crippen LogP contribution in [-0.2, 0) is 6.54 Å². The highest BCUT2D eigenvalue weighted by atomic mass is 16.1. The lowest BCUT2D eigenvalue weighted by Gasteiger charge is -2.21. The molecule has 3 atom stereocenters. The van der Waals surface area contributed by atoms with Crippen LogP contribution in [0.15, 0.2) is 17.1 Å². The minimum Gasteiger partial charge on any atom is -0.384 e. The minimum atomic E-state index is 0.0314. The molecule has 0 aliphatic heterocycles. The highest BCUT2D eigenvalue weighted by Gasteiger charge is 2.39. The predicted molar refractivity (Wildman–Crippen MR) is 76.2 cm³/mol. The molecule has 0 spiro atoms. The number of rotatable bonds is 5. The van der Waals surface area contributed by atoms with E-state index in [0.717, 1.165) is 37.0 Å². The van der Waals surface area contributed by atoms with E-state index in [1.807, 2.05) is 0 Å². The second-order valence-corrected chi connectivity index (χ2v) is 6.13. The summed E-state index contributed by atoms with van der Waals surface area (Å²) in [5, 5.41) is 7.53. The first kappa shape index (κ1) is 12.7. The van der Waals surface area contributed by atoms with E-state index in [4.69, 9.17) is 0 Å². The molecule has 2 fully saturated rings. The molecule has 0 amide bonds. The summed E-state index contributed by atoms with van der Waals surface area (Å²) in [6.07, 6.45) is 8.28. The van der Waals surface area contributed by atoms with Crippen molar-refractivity contribution in [1.82, 2.24) is 9.78 Å². The Morgan fingerprint density at radius 2 is 2.32 bits per heavy atom. The molecule has 4 nitrogen and oxygen atoms in total. The molecule has 3 unspecified atom stereocenters. The number of anilines is 1. The van der Waals surface area contributed by atoms with Crippen LogP contribution in [0.4, 0.5) is 5.69 Å². The summed E-state index contributed by atoms with van der Waals surface area (Å²) in [6.45, 7) is 3.81. The summed E-state index contributed by atoms with van der Waals surface area (Å²) in [6, 6.07) is 1.68. The van der Waals surface area contributed by atoms with Crippen LogP contribution in [0.3, 0.4) is 0 Å². The fourth-order valence-corrected chi connectivity index (χ4v) is 3.76. The molecule has 104 valence electrons. The zero-order valence-electron chi connectivity index (χ0n) is 11.6. The standard InChI is InChI=1S/C15H23N3O/c1-2-5-16-14-8-15(19)18(17-9-14)10-13-7-11-3-4-12(13)6-11/h8-9,11-13,16H,2-7,10H2,1H3. The van der Waals surface area contributed by atoms with Gasteiger partial charge in [0.1, 0.15) is 0 Å². The highest BCUT2D eigenvalue weighted by Crippen LogP contribution is 2.48. The lowest BCUT2D eigenvalue weighted by Crippen LogP contribution is -2.28. The lowest BCUT2D eigenvalue weighted by atomic mass is 9.89. The van der Waals surface area contributed by atoms with Crippen molar-refractivity contribution in [1.29, 1.82) is 0 Å². The Morgan fingerprint density at radius 3 is 2.95 bits per heavy atom. The largest absolute Gasteiger partial charge is 0.384 e. The fraction of sp³-hybridized carbons (Fsp3) is 0.733. The van der Waals surface area contributed by atoms with E-state index in [-0.39, 0.29) is 5.56 Å². The average molecular weight is 261 g/mol. The van der Waals surface area contributed by atoms with Crippen LogP contribution in [0.1, 0.15) is 39.0 Å². The Morgan fingerprint density at radius 1 is 1.42 bits per heavy atom. The minimum absolute atomic E-state index is 0.0314. The summed E-state index contributed by atoms with van der Waals surface area (Å²) in [7, 11) is 0. The normalized spacial score (nSPS) is 28.8. The number of aromatic nitrogens is 2. The van der Waals surface area contributed by atoms with Gasteiger partial charge in [0.25, 0.3) is 5.56 Å². The quantitative estimate of drug-likeness (QED) is 0.886. The van der Waals surface area contributed by atoms with Crippen molar-refractivity contribution < 1.29 is 0 Å². The number of nitrogens with one attached hydrogen (secondary N) is 1. The summed E-state index contributed by atoms with van der Waals surface area (Å²) in [5.74, 6) is 2.45. The van der Waals surface area contributed by atoms with Crippen LogP contribution >= 0.6 is 0 Å². The van der Waals surface area contributed by atoms with Gasteiger partial charge in [0.05, 0.1) is 11.9 Å². The Kier molecular flexibility index (Phi) is 3.58. The van der Waals surface area contributed by atoms with Gasteiger partial charge in [0.15, 0.2) is 0 Å². The maximum absolute atomic E-state index is 12.1.